The molecule has 2 heterocycles. The predicted octanol–water partition coefficient (Wildman–Crippen LogP) is 8.16. The molecule has 6 rings (SSSR count). The number of anilines is 2. The van der Waals surface area contributed by atoms with E-state index in [0.29, 0.717) is 22.9 Å². The van der Waals surface area contributed by atoms with Crippen LogP contribution in [0.5, 0.6) is 11.5 Å². The Morgan fingerprint density at radius 1 is 0.634 bits per heavy atom. The Morgan fingerprint density at radius 2 is 1.20 bits per heavy atom. The molecule has 0 unspecified atom stereocenters. The Labute approximate surface area is 252 Å². The van der Waals surface area contributed by atoms with E-state index >= 15 is 0 Å². The summed E-state index contributed by atoms with van der Waals surface area (Å²) in [6.07, 6.45) is 0. The maximum atomic E-state index is 12.5. The van der Waals surface area contributed by atoms with Gasteiger partial charge in [-0.3, -0.25) is 9.59 Å². The third-order valence-electron chi connectivity index (χ3n) is 5.69. The molecule has 4 aromatic carbocycles. The molecule has 2 N–H and O–H groups in total. The van der Waals surface area contributed by atoms with Crippen molar-refractivity contribution in [3.63, 3.8) is 0 Å². The van der Waals surface area contributed by atoms with E-state index in [1.807, 2.05) is 66.7 Å². The lowest BCUT2D eigenvalue weighted by molar-refractivity contribution is -0.114. The molecule has 0 aliphatic rings. The highest BCUT2D eigenvalue weighted by Gasteiger charge is 2.10. The SMILES string of the molecule is O=C(CSc1nc2ccccc2s1)Nc1ccc(Oc2cccc(NC(=O)CSc3nc4ccccc4s3)c2)cc1. The van der Waals surface area contributed by atoms with E-state index in [1.165, 1.54) is 23.5 Å². The lowest BCUT2D eigenvalue weighted by Gasteiger charge is -2.10. The van der Waals surface area contributed by atoms with Gasteiger partial charge in [0.2, 0.25) is 11.8 Å². The number of hydrogen-bond acceptors (Lipinski definition) is 9. The first kappa shape index (κ1) is 27.3. The van der Waals surface area contributed by atoms with Crippen LogP contribution in [-0.4, -0.2) is 33.3 Å². The van der Waals surface area contributed by atoms with Crippen LogP contribution in [0.4, 0.5) is 11.4 Å². The zero-order valence-electron chi connectivity index (χ0n) is 21.4. The molecular weight excluding hydrogens is 593 g/mol. The number of para-hydroxylation sites is 2. The predicted molar refractivity (Wildman–Crippen MR) is 171 cm³/mol. The number of ether oxygens (including phenoxy) is 1. The first-order chi connectivity index (χ1) is 20.1. The minimum atomic E-state index is -0.118. The zero-order chi connectivity index (χ0) is 28.0. The number of hydrogen-bond donors (Lipinski definition) is 2. The van der Waals surface area contributed by atoms with Crippen LogP contribution in [0.2, 0.25) is 0 Å². The first-order valence-electron chi connectivity index (χ1n) is 12.5. The van der Waals surface area contributed by atoms with Crippen molar-refractivity contribution < 1.29 is 14.3 Å². The largest absolute Gasteiger partial charge is 0.457 e. The molecule has 41 heavy (non-hydrogen) atoms. The second-order valence-corrected chi connectivity index (χ2v) is 13.2. The van der Waals surface area contributed by atoms with Crippen LogP contribution in [0.25, 0.3) is 20.4 Å². The summed E-state index contributed by atoms with van der Waals surface area (Å²) in [4.78, 5) is 34.1. The van der Waals surface area contributed by atoms with Gasteiger partial charge in [0, 0.05) is 17.4 Å². The van der Waals surface area contributed by atoms with Gasteiger partial charge in [0.25, 0.3) is 0 Å². The Morgan fingerprint density at radius 3 is 1.78 bits per heavy atom. The molecule has 11 heteroatoms. The van der Waals surface area contributed by atoms with Crippen LogP contribution in [-0.2, 0) is 9.59 Å². The molecule has 0 atom stereocenters. The number of carbonyl (C=O) groups is 2. The molecule has 6 aromatic rings. The summed E-state index contributed by atoms with van der Waals surface area (Å²) in [6, 6.07) is 30.3. The summed E-state index contributed by atoms with van der Waals surface area (Å²) in [6.45, 7) is 0. The number of amides is 2. The van der Waals surface area contributed by atoms with Gasteiger partial charge in [-0.05, 0) is 60.7 Å². The van der Waals surface area contributed by atoms with Crippen LogP contribution < -0.4 is 15.4 Å². The number of aromatic nitrogens is 2. The lowest BCUT2D eigenvalue weighted by atomic mass is 10.2. The molecule has 7 nitrogen and oxygen atoms in total. The lowest BCUT2D eigenvalue weighted by Crippen LogP contribution is -2.14. The average Bonchev–Trinajstić information content (AvgIpc) is 3.60. The van der Waals surface area contributed by atoms with Gasteiger partial charge >= 0.3 is 0 Å². The summed E-state index contributed by atoms with van der Waals surface area (Å²) in [5.74, 6) is 1.51. The molecule has 0 bridgehead atoms. The fourth-order valence-electron chi connectivity index (χ4n) is 3.85. The summed E-state index contributed by atoms with van der Waals surface area (Å²) in [5.41, 5.74) is 3.22. The van der Waals surface area contributed by atoms with Crippen LogP contribution in [0.15, 0.2) is 106 Å². The van der Waals surface area contributed by atoms with Gasteiger partial charge in [-0.15, -0.1) is 22.7 Å². The number of nitrogens with zero attached hydrogens (tertiary/aromatic N) is 2. The number of benzene rings is 4. The van der Waals surface area contributed by atoms with Crippen molar-refractivity contribution in [1.82, 2.24) is 9.97 Å². The van der Waals surface area contributed by atoms with E-state index < -0.39 is 0 Å². The minimum Gasteiger partial charge on any atom is -0.457 e. The first-order valence-corrected chi connectivity index (χ1v) is 16.1. The van der Waals surface area contributed by atoms with Crippen LogP contribution in [0, 0.1) is 0 Å². The molecule has 2 amide bonds. The molecule has 0 spiro atoms. The van der Waals surface area contributed by atoms with Crippen LogP contribution in [0.1, 0.15) is 0 Å². The minimum absolute atomic E-state index is 0.104. The van der Waals surface area contributed by atoms with E-state index in [0.717, 1.165) is 29.1 Å². The number of fused-ring (bicyclic) bond motifs is 2. The molecule has 0 radical (unpaired) electrons. The normalized spacial score (nSPS) is 11.0. The number of thioether (sulfide) groups is 2. The molecule has 0 aliphatic heterocycles. The Bertz CT molecular complexity index is 1770. The standard InChI is InChI=1S/C30H22N4O3S4/c35-27(17-38-29-33-23-8-1-3-10-25(23)40-29)31-19-12-14-21(15-13-19)37-22-7-5-6-20(16-22)32-28(36)18-39-30-34-24-9-2-4-11-26(24)41-30/h1-16H,17-18H2,(H,31,35)(H,32,36). The van der Waals surface area contributed by atoms with Crippen LogP contribution >= 0.6 is 46.2 Å². The number of thiazole rings is 2. The van der Waals surface area contributed by atoms with E-state index in [1.54, 1.807) is 53.0 Å². The highest BCUT2D eigenvalue weighted by molar-refractivity contribution is 8.02. The van der Waals surface area contributed by atoms with Gasteiger partial charge < -0.3 is 15.4 Å². The molecule has 0 saturated heterocycles. The Hall–Kier alpha value is -3.90. The number of nitrogens with one attached hydrogen (secondary N) is 2. The van der Waals surface area contributed by atoms with Gasteiger partial charge in [-0.25, -0.2) is 9.97 Å². The van der Waals surface area contributed by atoms with Crippen molar-refractivity contribution in [2.24, 2.45) is 0 Å². The zero-order valence-corrected chi connectivity index (χ0v) is 24.7. The van der Waals surface area contributed by atoms with Gasteiger partial charge in [-0.1, -0.05) is 53.9 Å². The van der Waals surface area contributed by atoms with E-state index in [-0.39, 0.29) is 23.3 Å². The summed E-state index contributed by atoms with van der Waals surface area (Å²) < 4.78 is 9.92. The second kappa shape index (κ2) is 12.7. The third-order valence-corrected chi connectivity index (χ3v) is 10.1. The topological polar surface area (TPSA) is 93.2 Å². The van der Waals surface area contributed by atoms with Gasteiger partial charge in [0.05, 0.1) is 31.9 Å². The summed E-state index contributed by atoms with van der Waals surface area (Å²) in [5, 5.41) is 5.83. The third kappa shape index (κ3) is 7.25. The fraction of sp³-hybridized carbons (Fsp3) is 0.0667. The van der Waals surface area contributed by atoms with Crippen molar-refractivity contribution in [1.29, 1.82) is 0 Å². The van der Waals surface area contributed by atoms with E-state index in [2.05, 4.69) is 20.6 Å². The maximum absolute atomic E-state index is 12.5. The van der Waals surface area contributed by atoms with Crippen molar-refractivity contribution in [3.05, 3.63) is 97.1 Å². The molecule has 0 saturated carbocycles. The maximum Gasteiger partial charge on any atom is 0.234 e. The Balaban J connectivity index is 0.977. The van der Waals surface area contributed by atoms with Crippen LogP contribution in [0.3, 0.4) is 0 Å². The average molecular weight is 615 g/mol. The smallest absolute Gasteiger partial charge is 0.234 e. The van der Waals surface area contributed by atoms with Crippen molar-refractivity contribution in [2.75, 3.05) is 22.1 Å². The molecule has 204 valence electrons. The van der Waals surface area contributed by atoms with Crippen molar-refractivity contribution in [2.45, 2.75) is 8.68 Å². The summed E-state index contributed by atoms with van der Waals surface area (Å²) in [7, 11) is 0. The highest BCUT2D eigenvalue weighted by Crippen LogP contribution is 2.31. The number of rotatable bonds is 10. The molecule has 2 aromatic heterocycles. The van der Waals surface area contributed by atoms with Crippen molar-refractivity contribution in [3.8, 4) is 11.5 Å². The number of carbonyl (C=O) groups excluding carboxylic acids is 2. The Kier molecular flexibility index (Phi) is 8.47. The second-order valence-electron chi connectivity index (χ2n) is 8.72. The van der Waals surface area contributed by atoms with E-state index in [4.69, 9.17) is 4.74 Å². The van der Waals surface area contributed by atoms with Gasteiger partial charge in [0.1, 0.15) is 11.5 Å². The fourth-order valence-corrected chi connectivity index (χ4v) is 7.59. The monoisotopic (exact) mass is 614 g/mol. The molecular formula is C30H22N4O3S4. The van der Waals surface area contributed by atoms with E-state index in [9.17, 15) is 9.59 Å². The molecule has 0 aliphatic carbocycles. The molecule has 0 fully saturated rings. The quantitative estimate of drug-likeness (QED) is 0.150. The van der Waals surface area contributed by atoms with Crippen molar-refractivity contribution >= 4 is 89.8 Å². The summed E-state index contributed by atoms with van der Waals surface area (Å²) >= 11 is 6.01. The highest BCUT2D eigenvalue weighted by atomic mass is 32.2. The van der Waals surface area contributed by atoms with Gasteiger partial charge in [-0.2, -0.15) is 0 Å². The van der Waals surface area contributed by atoms with Gasteiger partial charge in [0.15, 0.2) is 8.68 Å².